The van der Waals surface area contributed by atoms with Crippen LogP contribution in [0.25, 0.3) is 0 Å². The molecule has 2 unspecified atom stereocenters. The van der Waals surface area contributed by atoms with Crippen molar-refractivity contribution < 1.29 is 4.79 Å². The van der Waals surface area contributed by atoms with E-state index in [0.717, 1.165) is 10.5 Å². The minimum absolute atomic E-state index is 0.0244. The van der Waals surface area contributed by atoms with Gasteiger partial charge in [0.2, 0.25) is 5.91 Å². The molecule has 0 aliphatic rings. The van der Waals surface area contributed by atoms with Crippen LogP contribution in [0, 0.1) is 0 Å². The molecular weight excluding hydrogens is 302 g/mol. The third kappa shape index (κ3) is 4.80. The highest BCUT2D eigenvalue weighted by atomic mass is 35.5. The maximum absolute atomic E-state index is 12.3. The Balaban J connectivity index is 1.94. The number of nitrogens with one attached hydrogen (secondary N) is 1. The van der Waals surface area contributed by atoms with Crippen molar-refractivity contribution in [2.45, 2.75) is 30.0 Å². The average Bonchev–Trinajstić information content (AvgIpc) is 2.48. The maximum Gasteiger partial charge on any atom is 0.233 e. The standard InChI is InChI=1S/C17H18ClNOS/c1-12(14-7-6-8-15(18)11-14)19-17(20)13(2)21-16-9-4-3-5-10-16/h3-13H,1-2H3,(H,19,20). The van der Waals surface area contributed by atoms with E-state index in [4.69, 9.17) is 11.6 Å². The zero-order valence-electron chi connectivity index (χ0n) is 12.0. The number of thioether (sulfide) groups is 1. The fraction of sp³-hybridized carbons (Fsp3) is 0.235. The number of hydrogen-bond donors (Lipinski definition) is 1. The van der Waals surface area contributed by atoms with Gasteiger partial charge in [0.05, 0.1) is 11.3 Å². The lowest BCUT2D eigenvalue weighted by molar-refractivity contribution is -0.120. The first-order valence-corrected chi connectivity index (χ1v) is 8.09. The molecule has 21 heavy (non-hydrogen) atoms. The van der Waals surface area contributed by atoms with E-state index in [1.165, 1.54) is 0 Å². The van der Waals surface area contributed by atoms with Gasteiger partial charge in [0.25, 0.3) is 0 Å². The monoisotopic (exact) mass is 319 g/mol. The number of rotatable bonds is 5. The molecule has 0 spiro atoms. The predicted molar refractivity (Wildman–Crippen MR) is 89.8 cm³/mol. The lowest BCUT2D eigenvalue weighted by Gasteiger charge is -2.18. The van der Waals surface area contributed by atoms with E-state index >= 15 is 0 Å². The van der Waals surface area contributed by atoms with Gasteiger partial charge in [-0.25, -0.2) is 0 Å². The van der Waals surface area contributed by atoms with Gasteiger partial charge in [-0.3, -0.25) is 4.79 Å². The van der Waals surface area contributed by atoms with Crippen LogP contribution in [0.1, 0.15) is 25.5 Å². The van der Waals surface area contributed by atoms with Crippen LogP contribution in [0.5, 0.6) is 0 Å². The molecule has 0 aliphatic carbocycles. The largest absolute Gasteiger partial charge is 0.349 e. The van der Waals surface area contributed by atoms with Crippen LogP contribution in [-0.4, -0.2) is 11.2 Å². The fourth-order valence-corrected chi connectivity index (χ4v) is 3.04. The van der Waals surface area contributed by atoms with Crippen LogP contribution in [0.2, 0.25) is 5.02 Å². The van der Waals surface area contributed by atoms with E-state index < -0.39 is 0 Å². The van der Waals surface area contributed by atoms with E-state index in [0.29, 0.717) is 5.02 Å². The van der Waals surface area contributed by atoms with Crippen molar-refractivity contribution in [3.8, 4) is 0 Å². The zero-order valence-corrected chi connectivity index (χ0v) is 13.6. The molecule has 1 N–H and O–H groups in total. The number of amides is 1. The number of carbonyl (C=O) groups excluding carboxylic acids is 1. The molecule has 110 valence electrons. The summed E-state index contributed by atoms with van der Waals surface area (Å²) >= 11 is 7.53. The van der Waals surface area contributed by atoms with Crippen LogP contribution in [0.15, 0.2) is 59.5 Å². The van der Waals surface area contributed by atoms with Gasteiger partial charge in [0, 0.05) is 9.92 Å². The summed E-state index contributed by atoms with van der Waals surface area (Å²) in [6.07, 6.45) is 0. The Morgan fingerprint density at radius 2 is 1.81 bits per heavy atom. The van der Waals surface area contributed by atoms with E-state index in [1.807, 2.05) is 68.4 Å². The highest BCUT2D eigenvalue weighted by Crippen LogP contribution is 2.24. The SMILES string of the molecule is CC(Sc1ccccc1)C(=O)NC(C)c1cccc(Cl)c1. The van der Waals surface area contributed by atoms with Crippen LogP contribution in [-0.2, 0) is 4.79 Å². The quantitative estimate of drug-likeness (QED) is 0.809. The van der Waals surface area contributed by atoms with Crippen molar-refractivity contribution >= 4 is 29.3 Å². The van der Waals surface area contributed by atoms with Crippen molar-refractivity contribution in [2.75, 3.05) is 0 Å². The number of halogens is 1. The van der Waals surface area contributed by atoms with E-state index in [-0.39, 0.29) is 17.2 Å². The second-order valence-corrected chi connectivity index (χ2v) is 6.71. The third-order valence-corrected chi connectivity index (χ3v) is 4.48. The van der Waals surface area contributed by atoms with Crippen molar-refractivity contribution in [2.24, 2.45) is 0 Å². The van der Waals surface area contributed by atoms with Gasteiger partial charge < -0.3 is 5.32 Å². The Labute approximate surface area is 134 Å². The molecule has 2 aromatic rings. The van der Waals surface area contributed by atoms with Crippen molar-refractivity contribution in [3.63, 3.8) is 0 Å². The van der Waals surface area contributed by atoms with Gasteiger partial charge in [0.1, 0.15) is 0 Å². The predicted octanol–water partition coefficient (Wildman–Crippen LogP) is 4.70. The van der Waals surface area contributed by atoms with Gasteiger partial charge >= 0.3 is 0 Å². The molecule has 0 heterocycles. The molecule has 0 saturated carbocycles. The van der Waals surface area contributed by atoms with Gasteiger partial charge in [-0.2, -0.15) is 0 Å². The summed E-state index contributed by atoms with van der Waals surface area (Å²) in [4.78, 5) is 13.3. The molecule has 2 nitrogen and oxygen atoms in total. The molecule has 1 amide bonds. The molecular formula is C17H18ClNOS. The van der Waals surface area contributed by atoms with Gasteiger partial charge in [0.15, 0.2) is 0 Å². The normalized spacial score (nSPS) is 13.5. The van der Waals surface area contributed by atoms with E-state index in [2.05, 4.69) is 5.32 Å². The maximum atomic E-state index is 12.3. The molecule has 2 rings (SSSR count). The molecule has 0 saturated heterocycles. The fourth-order valence-electron chi connectivity index (χ4n) is 1.95. The van der Waals surface area contributed by atoms with Gasteiger partial charge in [-0.05, 0) is 43.7 Å². The summed E-state index contributed by atoms with van der Waals surface area (Å²) in [5.74, 6) is 0.0244. The van der Waals surface area contributed by atoms with E-state index in [1.54, 1.807) is 11.8 Å². The molecule has 0 aliphatic heterocycles. The second-order valence-electron chi connectivity index (χ2n) is 4.86. The lowest BCUT2D eigenvalue weighted by atomic mass is 10.1. The highest BCUT2D eigenvalue weighted by Gasteiger charge is 2.17. The molecule has 0 bridgehead atoms. The van der Waals surface area contributed by atoms with Crippen LogP contribution >= 0.6 is 23.4 Å². The van der Waals surface area contributed by atoms with Gasteiger partial charge in [-0.1, -0.05) is 41.9 Å². The first kappa shape index (κ1) is 15.9. The Hall–Kier alpha value is -1.45. The lowest BCUT2D eigenvalue weighted by Crippen LogP contribution is -2.33. The van der Waals surface area contributed by atoms with Crippen LogP contribution in [0.4, 0.5) is 0 Å². The smallest absolute Gasteiger partial charge is 0.233 e. The Bertz CT molecular complexity index is 603. The molecule has 4 heteroatoms. The average molecular weight is 320 g/mol. The van der Waals surface area contributed by atoms with Crippen molar-refractivity contribution in [1.29, 1.82) is 0 Å². The topological polar surface area (TPSA) is 29.1 Å². The number of hydrogen-bond acceptors (Lipinski definition) is 2. The Morgan fingerprint density at radius 3 is 2.48 bits per heavy atom. The summed E-state index contributed by atoms with van der Waals surface area (Å²) in [6.45, 7) is 3.88. The van der Waals surface area contributed by atoms with Crippen molar-refractivity contribution in [3.05, 3.63) is 65.2 Å². The van der Waals surface area contributed by atoms with Crippen molar-refractivity contribution in [1.82, 2.24) is 5.32 Å². The minimum Gasteiger partial charge on any atom is -0.349 e. The summed E-state index contributed by atoms with van der Waals surface area (Å²) in [5, 5.41) is 3.56. The Morgan fingerprint density at radius 1 is 1.10 bits per heavy atom. The minimum atomic E-state index is -0.144. The van der Waals surface area contributed by atoms with Gasteiger partial charge in [-0.15, -0.1) is 11.8 Å². The summed E-state index contributed by atoms with van der Waals surface area (Å²) in [7, 11) is 0. The summed E-state index contributed by atoms with van der Waals surface area (Å²) < 4.78 is 0. The number of carbonyl (C=O) groups is 1. The summed E-state index contributed by atoms with van der Waals surface area (Å²) in [6, 6.07) is 17.4. The molecule has 0 fully saturated rings. The first-order valence-electron chi connectivity index (χ1n) is 6.84. The molecule has 2 aromatic carbocycles. The highest BCUT2D eigenvalue weighted by molar-refractivity contribution is 8.00. The van der Waals surface area contributed by atoms with Crippen LogP contribution in [0.3, 0.4) is 0 Å². The first-order chi connectivity index (χ1) is 10.1. The van der Waals surface area contributed by atoms with E-state index in [9.17, 15) is 4.79 Å². The number of benzene rings is 2. The Kier molecular flexibility index (Phi) is 5.71. The summed E-state index contributed by atoms with van der Waals surface area (Å²) in [5.41, 5.74) is 1.01. The van der Waals surface area contributed by atoms with Crippen LogP contribution < -0.4 is 5.32 Å². The zero-order chi connectivity index (χ0) is 15.2. The molecule has 0 radical (unpaired) electrons. The molecule has 0 aromatic heterocycles. The second kappa shape index (κ2) is 7.53. The third-order valence-electron chi connectivity index (χ3n) is 3.13. The molecule has 2 atom stereocenters.